The van der Waals surface area contributed by atoms with Gasteiger partial charge in [-0.1, -0.05) is 48.5 Å². The minimum atomic E-state index is -4.21. The molecule has 18 nitrogen and oxygen atoms in total. The van der Waals surface area contributed by atoms with Crippen LogP contribution in [0, 0.1) is 0 Å². The molecular weight excluding hydrogens is 957 g/mol. The lowest BCUT2D eigenvalue weighted by atomic mass is 10.0. The molecule has 0 radical (unpaired) electrons. The summed E-state index contributed by atoms with van der Waals surface area (Å²) in [6, 6.07) is 32.0. The Balaban J connectivity index is 0.000000211. The minimum Gasteiger partial charge on any atom is -0.504 e. The molecule has 384 valence electrons. The number of piperazine rings is 2. The highest BCUT2D eigenvalue weighted by Crippen LogP contribution is 2.30. The van der Waals surface area contributed by atoms with Crippen LogP contribution in [0.4, 0.5) is 0 Å². The number of nitrogens with zero attached hydrogens (tertiary/aromatic N) is 6. The summed E-state index contributed by atoms with van der Waals surface area (Å²) in [7, 11) is -8.40. The molecule has 72 heavy (non-hydrogen) atoms. The van der Waals surface area contributed by atoms with E-state index >= 15 is 0 Å². The van der Waals surface area contributed by atoms with Gasteiger partial charge in [-0.3, -0.25) is 9.80 Å². The van der Waals surface area contributed by atoms with Crippen LogP contribution in [-0.2, 0) is 59.4 Å². The van der Waals surface area contributed by atoms with Crippen molar-refractivity contribution in [3.63, 3.8) is 0 Å². The fourth-order valence-electron chi connectivity index (χ4n) is 8.84. The Morgan fingerprint density at radius 2 is 1.04 bits per heavy atom. The minimum absolute atomic E-state index is 0.183. The molecule has 0 saturated carbocycles. The second kappa shape index (κ2) is 24.5. The van der Waals surface area contributed by atoms with Crippen LogP contribution in [0.25, 0.3) is 22.5 Å². The maximum absolute atomic E-state index is 11.2. The predicted molar refractivity (Wildman–Crippen MR) is 277 cm³/mol. The van der Waals surface area contributed by atoms with Gasteiger partial charge < -0.3 is 29.2 Å². The molecule has 0 amide bonds. The number of phenolic OH excluding ortho intramolecular Hbond substituents is 2. The highest BCUT2D eigenvalue weighted by Gasteiger charge is 2.24. The van der Waals surface area contributed by atoms with Crippen LogP contribution in [0.5, 0.6) is 23.0 Å². The van der Waals surface area contributed by atoms with Crippen molar-refractivity contribution in [3.8, 4) is 45.5 Å². The average molecular weight is 1020 g/mol. The lowest BCUT2D eigenvalue weighted by molar-refractivity contribution is 0.139. The summed E-state index contributed by atoms with van der Waals surface area (Å²) in [6.45, 7) is 14.8. The van der Waals surface area contributed by atoms with Gasteiger partial charge in [-0.05, 0) is 124 Å². The van der Waals surface area contributed by atoms with E-state index in [1.165, 1.54) is 35.4 Å². The number of hydrogen-bond donors (Lipinski definition) is 6. The van der Waals surface area contributed by atoms with E-state index in [0.29, 0.717) is 49.9 Å². The van der Waals surface area contributed by atoms with E-state index in [-0.39, 0.29) is 23.0 Å². The van der Waals surface area contributed by atoms with Gasteiger partial charge in [0.15, 0.2) is 23.0 Å². The summed E-state index contributed by atoms with van der Waals surface area (Å²) in [4.78, 5) is 23.4. The smallest absolute Gasteiger partial charge is 0.380 e. The van der Waals surface area contributed by atoms with Crippen molar-refractivity contribution in [1.82, 2.24) is 40.4 Å². The maximum Gasteiger partial charge on any atom is 0.380 e. The molecule has 4 heterocycles. The Hall–Kier alpha value is -6.10. The Labute approximate surface area is 423 Å². The lowest BCUT2D eigenvalue weighted by Gasteiger charge is -2.37. The summed E-state index contributed by atoms with van der Waals surface area (Å²) in [6.07, 6.45) is 7.67. The van der Waals surface area contributed by atoms with Gasteiger partial charge in [0.25, 0.3) is 0 Å². The Kier molecular flexibility index (Phi) is 18.3. The van der Waals surface area contributed by atoms with Crippen molar-refractivity contribution in [2.75, 3.05) is 26.2 Å². The van der Waals surface area contributed by atoms with Crippen LogP contribution in [0.3, 0.4) is 0 Å². The molecular formula is C52H66N10O8S2. The van der Waals surface area contributed by atoms with Crippen molar-refractivity contribution in [2.24, 2.45) is 10.3 Å². The van der Waals surface area contributed by atoms with Crippen molar-refractivity contribution in [1.29, 1.82) is 0 Å². The van der Waals surface area contributed by atoms with Crippen LogP contribution in [0.2, 0.25) is 0 Å². The molecule has 0 bridgehead atoms. The molecule has 20 heteroatoms. The molecule has 0 spiro atoms. The summed E-state index contributed by atoms with van der Waals surface area (Å²) in [5.74, 6) is 0.553. The average Bonchev–Trinajstić information content (AvgIpc) is 3.33. The molecule has 2 saturated heterocycles. The largest absolute Gasteiger partial charge is 0.504 e. The molecule has 4 atom stereocenters. The Morgan fingerprint density at radius 3 is 1.53 bits per heavy atom. The highest BCUT2D eigenvalue weighted by atomic mass is 32.2. The predicted octanol–water partition coefficient (Wildman–Crippen LogP) is 5.58. The molecule has 2 aliphatic rings. The van der Waals surface area contributed by atoms with E-state index in [1.54, 1.807) is 24.5 Å². The lowest BCUT2D eigenvalue weighted by Crippen LogP contribution is -2.53. The molecule has 8 rings (SSSR count). The zero-order valence-corrected chi connectivity index (χ0v) is 42.8. The number of rotatable bonds is 18. The first-order valence-electron chi connectivity index (χ1n) is 24.2. The van der Waals surface area contributed by atoms with E-state index < -0.39 is 20.6 Å². The zero-order chi connectivity index (χ0) is 51.4. The summed E-state index contributed by atoms with van der Waals surface area (Å²) >= 11 is 0. The van der Waals surface area contributed by atoms with Gasteiger partial charge in [0.05, 0.1) is 11.4 Å². The number of hydrogen-bond acceptors (Lipinski definition) is 16. The van der Waals surface area contributed by atoms with Gasteiger partial charge in [-0.2, -0.15) is 27.1 Å². The van der Waals surface area contributed by atoms with Gasteiger partial charge in [0, 0.05) is 99.8 Å². The van der Waals surface area contributed by atoms with E-state index in [1.807, 2.05) is 12.1 Å². The van der Waals surface area contributed by atoms with Crippen molar-refractivity contribution >= 4 is 20.6 Å². The van der Waals surface area contributed by atoms with Gasteiger partial charge in [-0.25, -0.2) is 19.9 Å². The highest BCUT2D eigenvalue weighted by molar-refractivity contribution is 7.85. The van der Waals surface area contributed by atoms with E-state index in [0.717, 1.165) is 97.4 Å². The second-order valence-electron chi connectivity index (χ2n) is 18.8. The molecule has 0 unspecified atom stereocenters. The third kappa shape index (κ3) is 16.5. The number of benzene rings is 4. The van der Waals surface area contributed by atoms with E-state index in [4.69, 9.17) is 20.2 Å². The Bertz CT molecular complexity index is 3000. The third-order valence-corrected chi connectivity index (χ3v) is 13.4. The number of nitrogens with one attached hydrogen (secondary N) is 2. The zero-order valence-electron chi connectivity index (χ0n) is 41.2. The summed E-state index contributed by atoms with van der Waals surface area (Å²) in [5.41, 5.74) is 8.10. The van der Waals surface area contributed by atoms with E-state index in [2.05, 4.69) is 115 Å². The fourth-order valence-corrected chi connectivity index (χ4v) is 9.62. The molecule has 4 aromatic carbocycles. The standard InChI is InChI=1S/2C26H33N5O4S/c1-18-16-31(19(2)15-29-18)17-21-6-3-7-22(13-21)23-11-12-28-26(30-23)8-4-5-20-9-10-25(24(32)14-20)35-36(27,33)34;1-18-16-31(19(2)15-29-18)17-21-6-3-7-22(13-21)23-11-12-28-26(30-23)8-4-5-20-9-10-24(32)25(14-20)35-36(27,33)34/h2*3,6-7,9-14,18-19,29,32H,4-5,8,15-17H2,1-2H3,(H2,27,33,34)/t2*18-,19-/m00/s1. The maximum atomic E-state index is 11.2. The molecule has 6 aromatic rings. The van der Waals surface area contributed by atoms with Crippen LogP contribution in [-0.4, -0.2) is 107 Å². The van der Waals surface area contributed by atoms with Crippen molar-refractivity contribution in [3.05, 3.63) is 143 Å². The third-order valence-electron chi connectivity index (χ3n) is 12.6. The van der Waals surface area contributed by atoms with Crippen molar-refractivity contribution in [2.45, 2.75) is 103 Å². The number of aromatic hydroxyl groups is 2. The van der Waals surface area contributed by atoms with Gasteiger partial charge >= 0.3 is 20.6 Å². The first-order valence-corrected chi connectivity index (χ1v) is 27.1. The Morgan fingerprint density at radius 1 is 0.569 bits per heavy atom. The van der Waals surface area contributed by atoms with Crippen LogP contribution < -0.4 is 29.3 Å². The number of aromatic nitrogens is 4. The first kappa shape index (κ1) is 53.7. The monoisotopic (exact) mass is 1020 g/mol. The number of aryl methyl sites for hydroxylation is 4. The normalized spacial score (nSPS) is 18.8. The SMILES string of the molecule is C[C@H]1CN(Cc2cccc(-c3ccnc(CCCc4ccc(O)c(OS(N)(=O)=O)c4)n3)c2)[C@@H](C)CN1.C[C@H]1CN(Cc2cccc(-c3ccnc(CCCc4ccc(OS(N)(=O)=O)c(O)c4)n3)c2)[C@@H](C)CN1. The quantitative estimate of drug-likeness (QED) is 0.0614. The fraction of sp³-hybridized carbons (Fsp3) is 0.385. The van der Waals surface area contributed by atoms with Gasteiger partial charge in [0.1, 0.15) is 11.6 Å². The van der Waals surface area contributed by atoms with Crippen LogP contribution >= 0.6 is 0 Å². The summed E-state index contributed by atoms with van der Waals surface area (Å²) in [5, 5.41) is 36.6. The molecule has 0 aliphatic carbocycles. The van der Waals surface area contributed by atoms with Crippen molar-refractivity contribution < 1.29 is 35.4 Å². The molecule has 2 aromatic heterocycles. The number of phenols is 2. The first-order chi connectivity index (χ1) is 34.3. The molecule has 2 aliphatic heterocycles. The molecule has 2 fully saturated rings. The molecule has 8 N–H and O–H groups in total. The van der Waals surface area contributed by atoms with Gasteiger partial charge in [0.2, 0.25) is 0 Å². The van der Waals surface area contributed by atoms with Gasteiger partial charge in [-0.15, -0.1) is 0 Å². The topological polar surface area (TPSA) is 261 Å². The summed E-state index contributed by atoms with van der Waals surface area (Å²) < 4.78 is 53.7. The van der Waals surface area contributed by atoms with Crippen LogP contribution in [0.15, 0.2) is 109 Å². The van der Waals surface area contributed by atoms with Crippen LogP contribution in [0.1, 0.15) is 74.4 Å². The van der Waals surface area contributed by atoms with E-state index in [9.17, 15) is 27.0 Å². The second-order valence-corrected chi connectivity index (χ2v) is 21.1. The number of nitrogens with two attached hydrogens (primary N) is 2.